The number of benzene rings is 1. The summed E-state index contributed by atoms with van der Waals surface area (Å²) in [6, 6.07) is 7.11. The number of hydrazine groups is 1. The molecule has 0 aliphatic heterocycles. The molecule has 0 aromatic heterocycles. The maximum atomic E-state index is 11.1. The van der Waals surface area contributed by atoms with Gasteiger partial charge in [-0.3, -0.25) is 10.2 Å². The predicted octanol–water partition coefficient (Wildman–Crippen LogP) is 0.127. The normalized spacial score (nSPS) is 13.0. The number of rotatable bonds is 4. The summed E-state index contributed by atoms with van der Waals surface area (Å²) in [7, 11) is 0. The maximum Gasteiger partial charge on any atom is 0.274 e. The number of nitrogens with two attached hydrogens (primary N) is 2. The van der Waals surface area contributed by atoms with E-state index in [4.69, 9.17) is 16.4 Å². The summed E-state index contributed by atoms with van der Waals surface area (Å²) in [5, 5.41) is 3.59. The lowest BCUT2D eigenvalue weighted by atomic mass is 10.1. The second-order valence-corrected chi connectivity index (χ2v) is 3.51. The molecule has 0 saturated carbocycles. The van der Waals surface area contributed by atoms with E-state index in [1.54, 1.807) is 26.0 Å². The van der Waals surface area contributed by atoms with Crippen molar-refractivity contribution in [2.24, 2.45) is 16.8 Å². The van der Waals surface area contributed by atoms with Crippen LogP contribution in [0.5, 0.6) is 5.75 Å². The van der Waals surface area contributed by atoms with E-state index in [-0.39, 0.29) is 5.91 Å². The third-order valence-corrected chi connectivity index (χ3v) is 2.29. The lowest BCUT2D eigenvalue weighted by Gasteiger charge is -2.13. The number of carbonyl (C=O) groups is 1. The van der Waals surface area contributed by atoms with E-state index >= 15 is 0 Å². The van der Waals surface area contributed by atoms with Crippen molar-refractivity contribution in [1.29, 1.82) is 0 Å². The molecule has 0 aliphatic rings. The van der Waals surface area contributed by atoms with Crippen molar-refractivity contribution in [1.82, 2.24) is 5.43 Å². The van der Waals surface area contributed by atoms with Gasteiger partial charge >= 0.3 is 0 Å². The van der Waals surface area contributed by atoms with Gasteiger partial charge in [-0.25, -0.2) is 5.84 Å². The van der Waals surface area contributed by atoms with Crippen molar-refractivity contribution >= 4 is 11.6 Å². The Morgan fingerprint density at radius 3 is 2.47 bits per heavy atom. The molecule has 6 nitrogen and oxygen atoms in total. The highest BCUT2D eigenvalue weighted by Gasteiger charge is 2.12. The molecular weight excluding hydrogens is 220 g/mol. The van der Waals surface area contributed by atoms with E-state index in [0.29, 0.717) is 5.75 Å². The van der Waals surface area contributed by atoms with Crippen molar-refractivity contribution in [2.45, 2.75) is 20.0 Å². The number of hydrogen-bond donors (Lipinski definition) is 3. The van der Waals surface area contributed by atoms with Gasteiger partial charge in [0, 0.05) is 0 Å². The smallest absolute Gasteiger partial charge is 0.274 e. The quantitative estimate of drug-likeness (QED) is 0.299. The number of nitrogens with one attached hydrogen (secondary N) is 1. The van der Waals surface area contributed by atoms with Crippen molar-refractivity contribution < 1.29 is 9.53 Å². The summed E-state index contributed by atoms with van der Waals surface area (Å²) >= 11 is 0. The Kier molecular flexibility index (Phi) is 4.47. The van der Waals surface area contributed by atoms with Crippen LogP contribution < -0.4 is 21.8 Å². The average Bonchev–Trinajstić information content (AvgIpc) is 2.37. The number of amides is 1. The Morgan fingerprint density at radius 1 is 1.41 bits per heavy atom. The molecule has 1 aromatic carbocycles. The third-order valence-electron chi connectivity index (χ3n) is 2.29. The van der Waals surface area contributed by atoms with Crippen LogP contribution in [0.3, 0.4) is 0 Å². The highest BCUT2D eigenvalue weighted by molar-refractivity contribution is 5.98. The molecule has 0 aliphatic carbocycles. The Morgan fingerprint density at radius 2 is 2.00 bits per heavy atom. The van der Waals surface area contributed by atoms with Crippen LogP contribution in [0, 0.1) is 0 Å². The van der Waals surface area contributed by atoms with Crippen LogP contribution >= 0.6 is 0 Å². The van der Waals surface area contributed by atoms with Gasteiger partial charge in [-0.15, -0.1) is 0 Å². The maximum absolute atomic E-state index is 11.1. The number of ether oxygens (including phenoxy) is 1. The fraction of sp³-hybridized carbons (Fsp3) is 0.273. The average molecular weight is 236 g/mol. The monoisotopic (exact) mass is 236 g/mol. The van der Waals surface area contributed by atoms with Gasteiger partial charge in [0.05, 0.1) is 5.71 Å². The van der Waals surface area contributed by atoms with E-state index < -0.39 is 6.10 Å². The van der Waals surface area contributed by atoms with Crippen molar-refractivity contribution in [3.63, 3.8) is 0 Å². The Labute approximate surface area is 99.6 Å². The highest BCUT2D eigenvalue weighted by atomic mass is 16.5. The summed E-state index contributed by atoms with van der Waals surface area (Å²) in [5.41, 5.74) is 3.65. The first-order chi connectivity index (χ1) is 8.08. The number of carbonyl (C=O) groups excluding carboxylic acids is 1. The van der Waals surface area contributed by atoms with Crippen LogP contribution in [0.4, 0.5) is 0 Å². The SMILES string of the molecule is CC(=NN)c1ccc(OC(C)C(=O)NN)cc1. The van der Waals surface area contributed by atoms with Gasteiger partial charge in [-0.05, 0) is 43.7 Å². The molecule has 5 N–H and O–H groups in total. The van der Waals surface area contributed by atoms with Gasteiger partial charge in [-0.2, -0.15) is 5.10 Å². The molecule has 0 radical (unpaired) electrons. The molecule has 6 heteroatoms. The minimum Gasteiger partial charge on any atom is -0.481 e. The summed E-state index contributed by atoms with van der Waals surface area (Å²) in [6.07, 6.45) is -0.643. The Balaban J connectivity index is 2.72. The van der Waals surface area contributed by atoms with E-state index in [2.05, 4.69) is 5.10 Å². The molecular formula is C11H16N4O2. The molecule has 0 bridgehead atoms. The second-order valence-electron chi connectivity index (χ2n) is 3.51. The van der Waals surface area contributed by atoms with Crippen LogP contribution in [0.2, 0.25) is 0 Å². The van der Waals surface area contributed by atoms with Crippen molar-refractivity contribution in [2.75, 3.05) is 0 Å². The largest absolute Gasteiger partial charge is 0.481 e. The van der Waals surface area contributed by atoms with E-state index in [1.807, 2.05) is 17.6 Å². The van der Waals surface area contributed by atoms with Gasteiger partial charge in [0.2, 0.25) is 0 Å². The first kappa shape index (κ1) is 13.0. The van der Waals surface area contributed by atoms with Crippen LogP contribution in [0.25, 0.3) is 0 Å². The topological polar surface area (TPSA) is 103 Å². The highest BCUT2D eigenvalue weighted by Crippen LogP contribution is 2.14. The minimum atomic E-state index is -0.643. The van der Waals surface area contributed by atoms with E-state index in [1.165, 1.54) is 0 Å². The molecule has 92 valence electrons. The van der Waals surface area contributed by atoms with Crippen LogP contribution in [0.1, 0.15) is 19.4 Å². The number of hydrazone groups is 1. The fourth-order valence-electron chi connectivity index (χ4n) is 1.22. The first-order valence-electron chi connectivity index (χ1n) is 5.10. The van der Waals surface area contributed by atoms with Gasteiger partial charge in [-0.1, -0.05) is 0 Å². The predicted molar refractivity (Wildman–Crippen MR) is 65.3 cm³/mol. The van der Waals surface area contributed by atoms with Gasteiger partial charge < -0.3 is 10.6 Å². The summed E-state index contributed by atoms with van der Waals surface area (Å²) in [5.74, 6) is 10.4. The van der Waals surface area contributed by atoms with Crippen molar-refractivity contribution in [3.8, 4) is 5.75 Å². The fourth-order valence-corrected chi connectivity index (χ4v) is 1.22. The summed E-state index contributed by atoms with van der Waals surface area (Å²) in [4.78, 5) is 11.1. The molecule has 0 spiro atoms. The first-order valence-corrected chi connectivity index (χ1v) is 5.10. The molecule has 1 atom stereocenters. The molecule has 1 rings (SSSR count). The zero-order valence-electron chi connectivity index (χ0n) is 9.81. The van der Waals surface area contributed by atoms with Crippen LogP contribution in [-0.2, 0) is 4.79 Å². The third kappa shape index (κ3) is 3.46. The van der Waals surface area contributed by atoms with Gasteiger partial charge in [0.15, 0.2) is 6.10 Å². The Bertz CT molecular complexity index is 414. The van der Waals surface area contributed by atoms with E-state index in [0.717, 1.165) is 11.3 Å². The lowest BCUT2D eigenvalue weighted by Crippen LogP contribution is -2.40. The molecule has 17 heavy (non-hydrogen) atoms. The molecule has 1 aromatic rings. The zero-order chi connectivity index (χ0) is 12.8. The van der Waals surface area contributed by atoms with Crippen molar-refractivity contribution in [3.05, 3.63) is 29.8 Å². The van der Waals surface area contributed by atoms with Gasteiger partial charge in [0.1, 0.15) is 5.75 Å². The second kappa shape index (κ2) is 5.86. The van der Waals surface area contributed by atoms with Gasteiger partial charge in [0.25, 0.3) is 5.91 Å². The zero-order valence-corrected chi connectivity index (χ0v) is 9.81. The molecule has 1 unspecified atom stereocenters. The van der Waals surface area contributed by atoms with Crippen LogP contribution in [-0.4, -0.2) is 17.7 Å². The summed E-state index contributed by atoms with van der Waals surface area (Å²) < 4.78 is 5.37. The van der Waals surface area contributed by atoms with E-state index in [9.17, 15) is 4.79 Å². The lowest BCUT2D eigenvalue weighted by molar-refractivity contribution is -0.127. The minimum absolute atomic E-state index is 0.381. The Hall–Kier alpha value is -2.08. The number of nitrogens with zero attached hydrogens (tertiary/aromatic N) is 1. The standard InChI is InChI=1S/C11H16N4O2/c1-7(14-12)9-3-5-10(6-4-9)17-8(2)11(16)15-13/h3-6,8H,12-13H2,1-2H3,(H,15,16). The summed E-state index contributed by atoms with van der Waals surface area (Å²) in [6.45, 7) is 3.42. The molecule has 1 amide bonds. The number of hydrogen-bond acceptors (Lipinski definition) is 5. The molecule has 0 saturated heterocycles. The molecule has 0 fully saturated rings. The molecule has 0 heterocycles. The van der Waals surface area contributed by atoms with Crippen LogP contribution in [0.15, 0.2) is 29.4 Å².